The van der Waals surface area contributed by atoms with Crippen LogP contribution in [-0.4, -0.2) is 16.3 Å². The summed E-state index contributed by atoms with van der Waals surface area (Å²) in [7, 11) is 0. The van der Waals surface area contributed by atoms with Gasteiger partial charge in [-0.25, -0.2) is 20.3 Å². The highest BCUT2D eigenvalue weighted by Gasteiger charge is 2.32. The topological polar surface area (TPSA) is 58.9 Å². The first-order valence-corrected chi connectivity index (χ1v) is 7.89. The van der Waals surface area contributed by atoms with Crippen molar-refractivity contribution >= 4 is 0 Å². The predicted molar refractivity (Wildman–Crippen MR) is 76.9 cm³/mol. The lowest BCUT2D eigenvalue weighted by Crippen LogP contribution is -2.34. The molecule has 116 valence electrons. The summed E-state index contributed by atoms with van der Waals surface area (Å²) in [6.45, 7) is 4.35. The minimum absolute atomic E-state index is 0.539. The molecular formula is C15H32O4. The van der Waals surface area contributed by atoms with Gasteiger partial charge in [-0.2, -0.15) is 0 Å². The summed E-state index contributed by atoms with van der Waals surface area (Å²) in [4.78, 5) is 8.86. The molecule has 4 heteroatoms. The molecule has 0 aliphatic rings. The van der Waals surface area contributed by atoms with Crippen LogP contribution in [0.4, 0.5) is 0 Å². The summed E-state index contributed by atoms with van der Waals surface area (Å²) in [6.07, 6.45) is 12.3. The highest BCUT2D eigenvalue weighted by Crippen LogP contribution is 2.27. The van der Waals surface area contributed by atoms with Crippen molar-refractivity contribution < 1.29 is 20.3 Å². The molecule has 0 aromatic carbocycles. The van der Waals surface area contributed by atoms with Crippen molar-refractivity contribution in [1.82, 2.24) is 0 Å². The molecule has 0 unspecified atom stereocenters. The quantitative estimate of drug-likeness (QED) is 0.193. The van der Waals surface area contributed by atoms with Crippen LogP contribution >= 0.6 is 0 Å². The number of hydrogen-bond donors (Lipinski definition) is 2. The minimum atomic E-state index is -1.21. The van der Waals surface area contributed by atoms with Gasteiger partial charge in [0, 0.05) is 12.8 Å². The fraction of sp³-hybridized carbons (Fsp3) is 1.00. The normalized spacial score (nSPS) is 12.0. The molecule has 2 N–H and O–H groups in total. The molecule has 0 bridgehead atoms. The summed E-state index contributed by atoms with van der Waals surface area (Å²) in [5.41, 5.74) is 0. The zero-order chi connectivity index (χ0) is 14.4. The largest absolute Gasteiger partial charge is 0.249 e. The zero-order valence-corrected chi connectivity index (χ0v) is 12.7. The van der Waals surface area contributed by atoms with Crippen LogP contribution in [0.2, 0.25) is 0 Å². The van der Waals surface area contributed by atoms with Crippen molar-refractivity contribution in [3.8, 4) is 0 Å². The van der Waals surface area contributed by atoms with Crippen molar-refractivity contribution in [3.05, 3.63) is 0 Å². The van der Waals surface area contributed by atoms with E-state index in [4.69, 9.17) is 10.5 Å². The third-order valence-electron chi connectivity index (χ3n) is 3.66. The molecule has 0 heterocycles. The van der Waals surface area contributed by atoms with Gasteiger partial charge < -0.3 is 0 Å². The van der Waals surface area contributed by atoms with E-state index in [-0.39, 0.29) is 0 Å². The first-order chi connectivity index (χ1) is 9.24. The Kier molecular flexibility index (Phi) is 12.7. The van der Waals surface area contributed by atoms with Gasteiger partial charge in [-0.05, 0) is 12.8 Å². The smallest absolute Gasteiger partial charge is 0.233 e. The summed E-state index contributed by atoms with van der Waals surface area (Å²) in [6, 6.07) is 0. The first kappa shape index (κ1) is 18.8. The van der Waals surface area contributed by atoms with E-state index in [2.05, 4.69) is 23.6 Å². The van der Waals surface area contributed by atoms with Crippen LogP contribution in [0.5, 0.6) is 0 Å². The van der Waals surface area contributed by atoms with Crippen molar-refractivity contribution in [2.45, 2.75) is 96.7 Å². The summed E-state index contributed by atoms with van der Waals surface area (Å²) < 4.78 is 0. The number of rotatable bonds is 14. The Hall–Kier alpha value is -0.160. The van der Waals surface area contributed by atoms with Crippen LogP contribution in [0.1, 0.15) is 90.9 Å². The molecule has 0 atom stereocenters. The maximum absolute atomic E-state index is 9.00. The lowest BCUT2D eigenvalue weighted by atomic mass is 9.99. The maximum atomic E-state index is 9.00. The van der Waals surface area contributed by atoms with E-state index in [1.54, 1.807) is 0 Å². The Morgan fingerprint density at radius 1 is 0.632 bits per heavy atom. The van der Waals surface area contributed by atoms with Gasteiger partial charge in [0.15, 0.2) is 0 Å². The highest BCUT2D eigenvalue weighted by atomic mass is 17.2. The average Bonchev–Trinajstić information content (AvgIpc) is 2.45. The maximum Gasteiger partial charge on any atom is 0.233 e. The molecule has 0 radical (unpaired) electrons. The second-order valence-corrected chi connectivity index (χ2v) is 5.42. The van der Waals surface area contributed by atoms with Crippen LogP contribution in [0.25, 0.3) is 0 Å². The molecule has 0 aromatic rings. The van der Waals surface area contributed by atoms with Gasteiger partial charge in [0.2, 0.25) is 5.79 Å². The van der Waals surface area contributed by atoms with Crippen molar-refractivity contribution in [3.63, 3.8) is 0 Å². The van der Waals surface area contributed by atoms with Crippen LogP contribution in [0, 0.1) is 0 Å². The van der Waals surface area contributed by atoms with Gasteiger partial charge in [-0.1, -0.05) is 65.2 Å². The third kappa shape index (κ3) is 9.38. The Bertz CT molecular complexity index is 165. The Morgan fingerprint density at radius 3 is 1.32 bits per heavy atom. The highest BCUT2D eigenvalue weighted by molar-refractivity contribution is 4.67. The molecular weight excluding hydrogens is 244 g/mol. The monoisotopic (exact) mass is 276 g/mol. The van der Waals surface area contributed by atoms with Crippen molar-refractivity contribution in [1.29, 1.82) is 0 Å². The molecule has 0 aromatic heterocycles. The average molecular weight is 276 g/mol. The predicted octanol–water partition coefficient (Wildman–Crippen LogP) is 5.38. The second kappa shape index (κ2) is 12.9. The van der Waals surface area contributed by atoms with Gasteiger partial charge in [-0.3, -0.25) is 0 Å². The minimum Gasteiger partial charge on any atom is -0.249 e. The molecule has 0 saturated heterocycles. The van der Waals surface area contributed by atoms with Crippen molar-refractivity contribution in [2.24, 2.45) is 0 Å². The summed E-state index contributed by atoms with van der Waals surface area (Å²) in [5.74, 6) is -1.21. The number of unbranched alkanes of at least 4 members (excludes halogenated alkanes) is 8. The van der Waals surface area contributed by atoms with E-state index in [0.717, 1.165) is 25.7 Å². The van der Waals surface area contributed by atoms with E-state index in [0.29, 0.717) is 12.8 Å². The van der Waals surface area contributed by atoms with Gasteiger partial charge in [-0.15, -0.1) is 0 Å². The van der Waals surface area contributed by atoms with Gasteiger partial charge >= 0.3 is 0 Å². The fourth-order valence-corrected chi connectivity index (χ4v) is 2.32. The second-order valence-electron chi connectivity index (χ2n) is 5.42. The Morgan fingerprint density at radius 2 is 1.00 bits per heavy atom. The molecule has 0 saturated carbocycles. The van der Waals surface area contributed by atoms with Gasteiger partial charge in [0.05, 0.1) is 0 Å². The van der Waals surface area contributed by atoms with E-state index in [1.165, 1.54) is 38.5 Å². The molecule has 4 nitrogen and oxygen atoms in total. The Labute approximate surface area is 118 Å². The molecule has 0 fully saturated rings. The molecule has 0 spiro atoms. The molecule has 0 aliphatic carbocycles. The fourth-order valence-electron chi connectivity index (χ4n) is 2.32. The van der Waals surface area contributed by atoms with Gasteiger partial charge in [0.25, 0.3) is 0 Å². The molecule has 0 aliphatic heterocycles. The molecule has 19 heavy (non-hydrogen) atoms. The summed E-state index contributed by atoms with van der Waals surface area (Å²) in [5, 5.41) is 18.0. The zero-order valence-electron chi connectivity index (χ0n) is 12.7. The SMILES string of the molecule is CCCCCCCC(CCCCCCC)(OO)OO. The third-order valence-corrected chi connectivity index (χ3v) is 3.66. The van der Waals surface area contributed by atoms with E-state index in [1.807, 2.05) is 0 Å². The van der Waals surface area contributed by atoms with E-state index >= 15 is 0 Å². The van der Waals surface area contributed by atoms with E-state index < -0.39 is 5.79 Å². The van der Waals surface area contributed by atoms with Crippen LogP contribution < -0.4 is 0 Å². The van der Waals surface area contributed by atoms with Crippen LogP contribution in [0.15, 0.2) is 0 Å². The van der Waals surface area contributed by atoms with Crippen molar-refractivity contribution in [2.75, 3.05) is 0 Å². The lowest BCUT2D eigenvalue weighted by molar-refractivity contribution is -0.490. The van der Waals surface area contributed by atoms with E-state index in [9.17, 15) is 0 Å². The Balaban J connectivity index is 3.83. The van der Waals surface area contributed by atoms with Gasteiger partial charge in [0.1, 0.15) is 0 Å². The molecule has 0 amide bonds. The van der Waals surface area contributed by atoms with Crippen LogP contribution in [0.3, 0.4) is 0 Å². The van der Waals surface area contributed by atoms with Crippen LogP contribution in [-0.2, 0) is 9.78 Å². The number of hydrogen-bond acceptors (Lipinski definition) is 4. The summed E-state index contributed by atoms with van der Waals surface area (Å²) >= 11 is 0. The molecule has 0 rings (SSSR count). The standard InChI is InChI=1S/C15H32O4/c1-3-5-7-9-11-13-15(18-16,19-17)14-12-10-8-6-4-2/h16-17H,3-14H2,1-2H3. The first-order valence-electron chi connectivity index (χ1n) is 7.89. The lowest BCUT2D eigenvalue weighted by Gasteiger charge is -2.26.